The van der Waals surface area contributed by atoms with Crippen LogP contribution in [0.4, 0.5) is 0 Å². The van der Waals surface area contributed by atoms with Crippen molar-refractivity contribution in [3.63, 3.8) is 0 Å². The van der Waals surface area contributed by atoms with E-state index in [1.807, 2.05) is 19.2 Å². The van der Waals surface area contributed by atoms with Crippen LogP contribution in [0.1, 0.15) is 29.8 Å². The van der Waals surface area contributed by atoms with E-state index in [-0.39, 0.29) is 6.04 Å². The Bertz CT molecular complexity index is 506. The van der Waals surface area contributed by atoms with Gasteiger partial charge in [-0.05, 0) is 31.5 Å². The van der Waals surface area contributed by atoms with Gasteiger partial charge in [-0.15, -0.1) is 11.8 Å². The predicted octanol–water partition coefficient (Wildman–Crippen LogP) is 3.70. The van der Waals surface area contributed by atoms with E-state index in [4.69, 9.17) is 5.73 Å². The molecule has 2 rings (SSSR count). The van der Waals surface area contributed by atoms with Gasteiger partial charge in [-0.25, -0.2) is 0 Å². The Labute approximate surface area is 113 Å². The fourth-order valence-electron chi connectivity index (χ4n) is 1.72. The summed E-state index contributed by atoms with van der Waals surface area (Å²) in [7, 11) is 0. The smallest absolute Gasteiger partial charge is 0.0569 e. The molecule has 1 aromatic heterocycles. The zero-order chi connectivity index (χ0) is 13.0. The highest BCUT2D eigenvalue weighted by Crippen LogP contribution is 2.23. The van der Waals surface area contributed by atoms with Gasteiger partial charge in [-0.1, -0.05) is 29.8 Å². The second-order valence-corrected chi connectivity index (χ2v) is 5.53. The van der Waals surface area contributed by atoms with Crippen LogP contribution in [0.2, 0.25) is 0 Å². The molecule has 94 valence electrons. The van der Waals surface area contributed by atoms with Crippen LogP contribution < -0.4 is 5.73 Å². The third-order valence-electron chi connectivity index (χ3n) is 2.71. The number of nitrogens with two attached hydrogens (primary N) is 1. The molecular weight excluding hydrogens is 240 g/mol. The first-order valence-corrected chi connectivity index (χ1v) is 7.03. The SMILES string of the molecule is Cc1cccc(CSc2ccc([C@@H](C)N)nc2)c1. The first-order chi connectivity index (χ1) is 8.65. The Balaban J connectivity index is 1.98. The summed E-state index contributed by atoms with van der Waals surface area (Å²) in [6, 6.07) is 12.7. The van der Waals surface area contributed by atoms with Crippen molar-refractivity contribution < 1.29 is 0 Å². The Hall–Kier alpha value is -1.32. The van der Waals surface area contributed by atoms with Crippen molar-refractivity contribution in [2.24, 2.45) is 5.73 Å². The zero-order valence-electron chi connectivity index (χ0n) is 10.8. The third-order valence-corrected chi connectivity index (χ3v) is 3.77. The van der Waals surface area contributed by atoms with Gasteiger partial charge >= 0.3 is 0 Å². The molecule has 0 radical (unpaired) electrons. The minimum atomic E-state index is 0.000762. The van der Waals surface area contributed by atoms with E-state index in [9.17, 15) is 0 Å². The lowest BCUT2D eigenvalue weighted by molar-refractivity contribution is 0.777. The van der Waals surface area contributed by atoms with Crippen molar-refractivity contribution in [1.29, 1.82) is 0 Å². The maximum absolute atomic E-state index is 5.78. The molecular formula is C15H18N2S. The Kier molecular flexibility index (Phi) is 4.39. The average molecular weight is 258 g/mol. The zero-order valence-corrected chi connectivity index (χ0v) is 11.6. The average Bonchev–Trinajstić information content (AvgIpc) is 2.37. The van der Waals surface area contributed by atoms with Crippen molar-refractivity contribution in [3.05, 3.63) is 59.4 Å². The summed E-state index contributed by atoms with van der Waals surface area (Å²) in [6.07, 6.45) is 1.90. The standard InChI is InChI=1S/C15H18N2S/c1-11-4-3-5-13(8-11)10-18-14-6-7-15(12(2)16)17-9-14/h3-9,12H,10,16H2,1-2H3/t12-/m1/s1. The molecule has 0 fully saturated rings. The molecule has 1 atom stereocenters. The van der Waals surface area contributed by atoms with Crippen molar-refractivity contribution in [3.8, 4) is 0 Å². The highest BCUT2D eigenvalue weighted by Gasteiger charge is 2.01. The lowest BCUT2D eigenvalue weighted by atomic mass is 10.2. The number of aromatic nitrogens is 1. The molecule has 1 aromatic carbocycles. The fourth-order valence-corrected chi connectivity index (χ4v) is 2.52. The van der Waals surface area contributed by atoms with Crippen LogP contribution in [-0.2, 0) is 5.75 Å². The van der Waals surface area contributed by atoms with Gasteiger partial charge in [-0.2, -0.15) is 0 Å². The van der Waals surface area contributed by atoms with Crippen LogP contribution in [0.5, 0.6) is 0 Å². The largest absolute Gasteiger partial charge is 0.323 e. The molecule has 2 nitrogen and oxygen atoms in total. The molecule has 0 saturated heterocycles. The fraction of sp³-hybridized carbons (Fsp3) is 0.267. The van der Waals surface area contributed by atoms with Gasteiger partial charge in [0.1, 0.15) is 0 Å². The summed E-state index contributed by atoms with van der Waals surface area (Å²) in [5.41, 5.74) is 9.36. The van der Waals surface area contributed by atoms with Gasteiger partial charge < -0.3 is 5.73 Å². The third kappa shape index (κ3) is 3.59. The molecule has 0 amide bonds. The second-order valence-electron chi connectivity index (χ2n) is 4.49. The molecule has 0 spiro atoms. The minimum Gasteiger partial charge on any atom is -0.323 e. The molecule has 0 aliphatic carbocycles. The highest BCUT2D eigenvalue weighted by molar-refractivity contribution is 7.98. The molecule has 0 saturated carbocycles. The molecule has 2 N–H and O–H groups in total. The number of pyridine rings is 1. The van der Waals surface area contributed by atoms with Crippen LogP contribution in [-0.4, -0.2) is 4.98 Å². The van der Waals surface area contributed by atoms with E-state index < -0.39 is 0 Å². The normalized spacial score (nSPS) is 12.4. The summed E-state index contributed by atoms with van der Waals surface area (Å²) in [5.74, 6) is 0.973. The van der Waals surface area contributed by atoms with Crippen LogP contribution >= 0.6 is 11.8 Å². The van der Waals surface area contributed by atoms with E-state index in [2.05, 4.69) is 42.2 Å². The van der Waals surface area contributed by atoms with Crippen molar-refractivity contribution >= 4 is 11.8 Å². The van der Waals surface area contributed by atoms with Crippen LogP contribution in [0.3, 0.4) is 0 Å². The van der Waals surface area contributed by atoms with E-state index in [0.29, 0.717) is 0 Å². The molecule has 0 aliphatic rings. The van der Waals surface area contributed by atoms with Gasteiger partial charge in [0, 0.05) is 22.9 Å². The van der Waals surface area contributed by atoms with E-state index in [0.717, 1.165) is 11.4 Å². The summed E-state index contributed by atoms with van der Waals surface area (Å²) >= 11 is 1.80. The van der Waals surface area contributed by atoms with Gasteiger partial charge in [0.05, 0.1) is 5.69 Å². The monoisotopic (exact) mass is 258 g/mol. The molecule has 1 heterocycles. The Morgan fingerprint density at radius 2 is 2.11 bits per heavy atom. The molecule has 2 aromatic rings. The summed E-state index contributed by atoms with van der Waals surface area (Å²) < 4.78 is 0. The Morgan fingerprint density at radius 3 is 2.72 bits per heavy atom. The predicted molar refractivity (Wildman–Crippen MR) is 77.6 cm³/mol. The van der Waals surface area contributed by atoms with Gasteiger partial charge in [0.2, 0.25) is 0 Å². The van der Waals surface area contributed by atoms with Gasteiger partial charge in [0.15, 0.2) is 0 Å². The topological polar surface area (TPSA) is 38.9 Å². The van der Waals surface area contributed by atoms with E-state index in [1.54, 1.807) is 11.8 Å². The van der Waals surface area contributed by atoms with Crippen LogP contribution in [0.25, 0.3) is 0 Å². The molecule has 0 bridgehead atoms. The number of nitrogens with zero attached hydrogens (tertiary/aromatic N) is 1. The van der Waals surface area contributed by atoms with Crippen molar-refractivity contribution in [1.82, 2.24) is 4.98 Å². The number of hydrogen-bond acceptors (Lipinski definition) is 3. The number of thioether (sulfide) groups is 1. The lowest BCUT2D eigenvalue weighted by Crippen LogP contribution is -2.06. The summed E-state index contributed by atoms with van der Waals surface area (Å²) in [5, 5.41) is 0. The summed E-state index contributed by atoms with van der Waals surface area (Å²) in [4.78, 5) is 5.54. The number of rotatable bonds is 4. The van der Waals surface area contributed by atoms with Gasteiger partial charge in [0.25, 0.3) is 0 Å². The molecule has 0 aliphatic heterocycles. The quantitative estimate of drug-likeness (QED) is 0.850. The molecule has 18 heavy (non-hydrogen) atoms. The second kappa shape index (κ2) is 6.03. The van der Waals surface area contributed by atoms with Crippen molar-refractivity contribution in [2.45, 2.75) is 30.5 Å². The molecule has 0 unspecified atom stereocenters. The van der Waals surface area contributed by atoms with Crippen LogP contribution in [0.15, 0.2) is 47.5 Å². The Morgan fingerprint density at radius 1 is 1.28 bits per heavy atom. The van der Waals surface area contributed by atoms with E-state index >= 15 is 0 Å². The summed E-state index contributed by atoms with van der Waals surface area (Å²) in [6.45, 7) is 4.06. The van der Waals surface area contributed by atoms with Crippen LogP contribution in [0, 0.1) is 6.92 Å². The first kappa shape index (κ1) is 13.1. The first-order valence-electron chi connectivity index (χ1n) is 6.05. The lowest BCUT2D eigenvalue weighted by Gasteiger charge is -2.06. The molecule has 3 heteroatoms. The van der Waals surface area contributed by atoms with Crippen molar-refractivity contribution in [2.75, 3.05) is 0 Å². The minimum absolute atomic E-state index is 0.000762. The number of benzene rings is 1. The maximum Gasteiger partial charge on any atom is 0.0569 e. The van der Waals surface area contributed by atoms with E-state index in [1.165, 1.54) is 16.0 Å². The number of aryl methyl sites for hydroxylation is 1. The number of hydrogen-bond donors (Lipinski definition) is 1. The van der Waals surface area contributed by atoms with Gasteiger partial charge in [-0.3, -0.25) is 4.98 Å². The highest BCUT2D eigenvalue weighted by atomic mass is 32.2. The maximum atomic E-state index is 5.78.